The fraction of sp³-hybridized carbons (Fsp3) is 0.471. The molecule has 1 saturated heterocycles. The summed E-state index contributed by atoms with van der Waals surface area (Å²) in [5, 5.41) is 1.29. The summed E-state index contributed by atoms with van der Waals surface area (Å²) in [5.74, 6) is -0.0551. The number of piperidine rings is 1. The molecule has 0 N–H and O–H groups in total. The SMILES string of the molecule is CCOC(=O)C1(S(C)(=O)=O)CCN(c2cc(Cl)c3cccnc3n2)CC1. The first kappa shape index (κ1) is 18.8. The molecule has 2 aromatic rings. The number of rotatable bonds is 4. The molecule has 7 nitrogen and oxygen atoms in total. The van der Waals surface area contributed by atoms with Gasteiger partial charge in [-0.05, 0) is 31.9 Å². The van der Waals surface area contributed by atoms with Crippen LogP contribution < -0.4 is 4.90 Å². The van der Waals surface area contributed by atoms with Crippen LogP contribution in [-0.2, 0) is 19.4 Å². The molecule has 3 heterocycles. The van der Waals surface area contributed by atoms with Gasteiger partial charge in [-0.25, -0.2) is 18.4 Å². The highest BCUT2D eigenvalue weighted by Gasteiger charge is 2.51. The quantitative estimate of drug-likeness (QED) is 0.730. The second-order valence-electron chi connectivity index (χ2n) is 6.31. The van der Waals surface area contributed by atoms with Crippen molar-refractivity contribution in [3.05, 3.63) is 29.4 Å². The van der Waals surface area contributed by atoms with Crippen molar-refractivity contribution in [2.45, 2.75) is 24.5 Å². The first-order chi connectivity index (χ1) is 12.3. The number of carbonyl (C=O) groups is 1. The number of pyridine rings is 2. The number of fused-ring (bicyclic) bond motifs is 1. The minimum atomic E-state index is -3.62. The predicted molar refractivity (Wildman–Crippen MR) is 100 cm³/mol. The Bertz CT molecular complexity index is 940. The van der Waals surface area contributed by atoms with Gasteiger partial charge in [-0.1, -0.05) is 11.6 Å². The molecule has 2 aromatic heterocycles. The summed E-state index contributed by atoms with van der Waals surface area (Å²) < 4.78 is 28.2. The predicted octanol–water partition coefficient (Wildman–Crippen LogP) is 2.23. The molecule has 0 amide bonds. The van der Waals surface area contributed by atoms with Crippen LogP contribution in [0.2, 0.25) is 5.02 Å². The molecule has 26 heavy (non-hydrogen) atoms. The van der Waals surface area contributed by atoms with Crippen LogP contribution in [0, 0.1) is 0 Å². The molecule has 0 aliphatic carbocycles. The number of aromatic nitrogens is 2. The lowest BCUT2D eigenvalue weighted by atomic mass is 9.95. The molecule has 0 spiro atoms. The Labute approximate surface area is 157 Å². The van der Waals surface area contributed by atoms with E-state index >= 15 is 0 Å². The number of carbonyl (C=O) groups excluding carboxylic acids is 1. The van der Waals surface area contributed by atoms with Crippen molar-refractivity contribution in [2.75, 3.05) is 30.9 Å². The molecule has 1 aliphatic rings. The Kier molecular flexibility index (Phi) is 5.07. The topological polar surface area (TPSA) is 89.5 Å². The van der Waals surface area contributed by atoms with Crippen molar-refractivity contribution >= 4 is 44.3 Å². The molecule has 0 saturated carbocycles. The fourth-order valence-corrected chi connectivity index (χ4v) is 4.78. The van der Waals surface area contributed by atoms with E-state index in [-0.39, 0.29) is 19.4 Å². The monoisotopic (exact) mass is 397 g/mol. The standard InChI is InChI=1S/C17H20ClN3O4S/c1-3-25-16(22)17(26(2,23)24)6-9-21(10-7-17)14-11-13(18)12-5-4-8-19-15(12)20-14/h4-5,8,11H,3,6-7,9-10H2,1-2H3. The van der Waals surface area contributed by atoms with Gasteiger partial charge in [0.15, 0.2) is 20.2 Å². The average Bonchev–Trinajstić information content (AvgIpc) is 2.61. The summed E-state index contributed by atoms with van der Waals surface area (Å²) in [7, 11) is -3.62. The highest BCUT2D eigenvalue weighted by atomic mass is 35.5. The second-order valence-corrected chi connectivity index (χ2v) is 9.04. The van der Waals surface area contributed by atoms with Crippen LogP contribution >= 0.6 is 11.6 Å². The summed E-state index contributed by atoms with van der Waals surface area (Å²) in [4.78, 5) is 23.0. The highest BCUT2D eigenvalue weighted by molar-refractivity contribution is 7.92. The lowest BCUT2D eigenvalue weighted by molar-refractivity contribution is -0.146. The van der Waals surface area contributed by atoms with Gasteiger partial charge < -0.3 is 9.64 Å². The minimum absolute atomic E-state index is 0.143. The zero-order valence-electron chi connectivity index (χ0n) is 14.6. The number of hydrogen-bond acceptors (Lipinski definition) is 7. The van der Waals surface area contributed by atoms with E-state index in [1.807, 2.05) is 11.0 Å². The first-order valence-electron chi connectivity index (χ1n) is 8.31. The Balaban J connectivity index is 1.88. The number of nitrogens with zero attached hydrogens (tertiary/aromatic N) is 3. The first-order valence-corrected chi connectivity index (χ1v) is 10.6. The Hall–Kier alpha value is -1.93. The van der Waals surface area contributed by atoms with Gasteiger partial charge in [0, 0.05) is 37.0 Å². The van der Waals surface area contributed by atoms with Gasteiger partial charge in [-0.2, -0.15) is 0 Å². The van der Waals surface area contributed by atoms with E-state index in [9.17, 15) is 13.2 Å². The van der Waals surface area contributed by atoms with Crippen LogP contribution in [0.3, 0.4) is 0 Å². The van der Waals surface area contributed by atoms with Crippen molar-refractivity contribution < 1.29 is 17.9 Å². The highest BCUT2D eigenvalue weighted by Crippen LogP contribution is 2.34. The van der Waals surface area contributed by atoms with E-state index in [1.165, 1.54) is 0 Å². The zero-order valence-corrected chi connectivity index (χ0v) is 16.2. The summed E-state index contributed by atoms with van der Waals surface area (Å²) in [5.41, 5.74) is 0.528. The third-order valence-corrected chi connectivity index (χ3v) is 7.08. The van der Waals surface area contributed by atoms with Crippen LogP contribution in [-0.4, -0.2) is 55.1 Å². The normalized spacial score (nSPS) is 17.3. The van der Waals surface area contributed by atoms with Crippen molar-refractivity contribution in [3.8, 4) is 0 Å². The second kappa shape index (κ2) is 7.00. The van der Waals surface area contributed by atoms with Crippen LogP contribution in [0.15, 0.2) is 24.4 Å². The summed E-state index contributed by atoms with van der Waals surface area (Å²) >= 11 is 6.33. The van der Waals surface area contributed by atoms with E-state index in [1.54, 1.807) is 25.3 Å². The third-order valence-electron chi connectivity index (χ3n) is 4.77. The molecule has 1 fully saturated rings. The zero-order chi connectivity index (χ0) is 18.9. The van der Waals surface area contributed by atoms with Gasteiger partial charge in [0.1, 0.15) is 5.82 Å². The average molecular weight is 398 g/mol. The largest absolute Gasteiger partial charge is 0.465 e. The Morgan fingerprint density at radius 1 is 1.38 bits per heavy atom. The number of ether oxygens (including phenoxy) is 1. The molecule has 0 radical (unpaired) electrons. The summed E-state index contributed by atoms with van der Waals surface area (Å²) in [6, 6.07) is 5.37. The molecular formula is C17H20ClN3O4S. The van der Waals surface area contributed by atoms with Crippen LogP contribution in [0.25, 0.3) is 11.0 Å². The van der Waals surface area contributed by atoms with Gasteiger partial charge in [-0.3, -0.25) is 4.79 Å². The Morgan fingerprint density at radius 2 is 2.08 bits per heavy atom. The van der Waals surface area contributed by atoms with Crippen LogP contribution in [0.1, 0.15) is 19.8 Å². The van der Waals surface area contributed by atoms with E-state index in [2.05, 4.69) is 9.97 Å². The molecule has 0 unspecified atom stereocenters. The van der Waals surface area contributed by atoms with Crippen molar-refractivity contribution in [1.29, 1.82) is 0 Å². The molecule has 9 heteroatoms. The van der Waals surface area contributed by atoms with Crippen molar-refractivity contribution in [1.82, 2.24) is 9.97 Å². The molecular weight excluding hydrogens is 378 g/mol. The molecule has 140 valence electrons. The van der Waals surface area contributed by atoms with E-state index < -0.39 is 20.6 Å². The van der Waals surface area contributed by atoms with Gasteiger partial charge in [0.05, 0.1) is 11.6 Å². The van der Waals surface area contributed by atoms with E-state index in [0.29, 0.717) is 29.6 Å². The lowest BCUT2D eigenvalue weighted by Gasteiger charge is -2.39. The molecule has 0 bridgehead atoms. The number of halogens is 1. The van der Waals surface area contributed by atoms with Gasteiger partial charge >= 0.3 is 5.97 Å². The fourth-order valence-electron chi connectivity index (χ4n) is 3.25. The summed E-state index contributed by atoms with van der Waals surface area (Å²) in [6.45, 7) is 2.52. The number of sulfone groups is 1. The number of anilines is 1. The summed E-state index contributed by atoms with van der Waals surface area (Å²) in [6.07, 6.45) is 3.02. The smallest absolute Gasteiger partial charge is 0.327 e. The molecule has 0 atom stereocenters. The van der Waals surface area contributed by atoms with Crippen molar-refractivity contribution in [3.63, 3.8) is 0 Å². The van der Waals surface area contributed by atoms with Gasteiger partial charge in [-0.15, -0.1) is 0 Å². The maximum Gasteiger partial charge on any atom is 0.327 e. The number of esters is 1. The lowest BCUT2D eigenvalue weighted by Crippen LogP contribution is -2.55. The molecule has 1 aliphatic heterocycles. The third kappa shape index (κ3) is 3.23. The minimum Gasteiger partial charge on any atom is -0.465 e. The number of hydrogen-bond donors (Lipinski definition) is 0. The van der Waals surface area contributed by atoms with Crippen LogP contribution in [0.4, 0.5) is 5.82 Å². The van der Waals surface area contributed by atoms with Gasteiger partial charge in [0.25, 0.3) is 0 Å². The molecule has 0 aromatic carbocycles. The Morgan fingerprint density at radius 3 is 2.69 bits per heavy atom. The van der Waals surface area contributed by atoms with E-state index in [4.69, 9.17) is 16.3 Å². The maximum absolute atomic E-state index is 12.4. The molecule has 3 rings (SSSR count). The van der Waals surface area contributed by atoms with Crippen LogP contribution in [0.5, 0.6) is 0 Å². The van der Waals surface area contributed by atoms with E-state index in [0.717, 1.165) is 11.6 Å². The van der Waals surface area contributed by atoms with Crippen molar-refractivity contribution in [2.24, 2.45) is 0 Å². The maximum atomic E-state index is 12.4. The van der Waals surface area contributed by atoms with Gasteiger partial charge in [0.2, 0.25) is 0 Å².